The smallest absolute Gasteiger partial charge is 0.212 e. The fourth-order valence-corrected chi connectivity index (χ4v) is 1.41. The fraction of sp³-hybridized carbons (Fsp3) is 1.00. The number of aliphatic hydroxyl groups is 1. The molecule has 3 N–H and O–H groups in total. The van der Waals surface area contributed by atoms with Gasteiger partial charge in [0.1, 0.15) is 0 Å². The van der Waals surface area contributed by atoms with Crippen molar-refractivity contribution in [1.82, 2.24) is 10.0 Å². The Balaban J connectivity index is 3.68. The van der Waals surface area contributed by atoms with Gasteiger partial charge < -0.3 is 10.4 Å². The van der Waals surface area contributed by atoms with E-state index in [1.54, 1.807) is 0 Å². The van der Waals surface area contributed by atoms with Crippen LogP contribution in [-0.4, -0.2) is 46.0 Å². The summed E-state index contributed by atoms with van der Waals surface area (Å²) in [7, 11) is -1.72. The first-order valence-electron chi connectivity index (χ1n) is 4.56. The standard InChI is InChI=1S/C8H20N2O3S/c1-8(2,7-11)6-10-4-5-14(12,13)9-3/h9-11H,4-7H2,1-3H3. The second kappa shape index (κ2) is 5.65. The average molecular weight is 224 g/mol. The van der Waals surface area contributed by atoms with Gasteiger partial charge >= 0.3 is 0 Å². The van der Waals surface area contributed by atoms with Gasteiger partial charge in [0.25, 0.3) is 0 Å². The van der Waals surface area contributed by atoms with E-state index in [0.29, 0.717) is 13.1 Å². The Morgan fingerprint density at radius 1 is 1.36 bits per heavy atom. The summed E-state index contributed by atoms with van der Waals surface area (Å²) < 4.78 is 24.2. The zero-order valence-corrected chi connectivity index (χ0v) is 9.82. The molecule has 0 aromatic rings. The van der Waals surface area contributed by atoms with Crippen molar-refractivity contribution in [2.75, 3.05) is 32.5 Å². The number of rotatable bonds is 7. The van der Waals surface area contributed by atoms with E-state index in [0.717, 1.165) is 0 Å². The quantitative estimate of drug-likeness (QED) is 0.492. The summed E-state index contributed by atoms with van der Waals surface area (Å²) in [6.45, 7) is 4.90. The van der Waals surface area contributed by atoms with Crippen LogP contribution in [0, 0.1) is 5.41 Å². The van der Waals surface area contributed by atoms with E-state index in [2.05, 4.69) is 10.0 Å². The van der Waals surface area contributed by atoms with Gasteiger partial charge in [-0.15, -0.1) is 0 Å². The molecular formula is C8H20N2O3S. The maximum absolute atomic E-state index is 11.0. The van der Waals surface area contributed by atoms with Gasteiger partial charge in [0.15, 0.2) is 0 Å². The Morgan fingerprint density at radius 2 is 1.93 bits per heavy atom. The third-order valence-electron chi connectivity index (χ3n) is 1.89. The predicted molar refractivity (Wildman–Crippen MR) is 56.6 cm³/mol. The SMILES string of the molecule is CNS(=O)(=O)CCNCC(C)(C)CO. The van der Waals surface area contributed by atoms with Crippen molar-refractivity contribution in [1.29, 1.82) is 0 Å². The van der Waals surface area contributed by atoms with Crippen LogP contribution < -0.4 is 10.0 Å². The molecule has 0 aromatic heterocycles. The molecule has 0 heterocycles. The summed E-state index contributed by atoms with van der Waals surface area (Å²) in [5.41, 5.74) is -0.205. The number of nitrogens with one attached hydrogen (secondary N) is 2. The van der Waals surface area contributed by atoms with Gasteiger partial charge in [0.2, 0.25) is 10.0 Å². The van der Waals surface area contributed by atoms with E-state index >= 15 is 0 Å². The number of aliphatic hydroxyl groups excluding tert-OH is 1. The first-order chi connectivity index (χ1) is 6.33. The van der Waals surface area contributed by atoms with E-state index in [-0.39, 0.29) is 17.8 Å². The first-order valence-corrected chi connectivity index (χ1v) is 6.21. The largest absolute Gasteiger partial charge is 0.396 e. The van der Waals surface area contributed by atoms with Gasteiger partial charge in [-0.05, 0) is 7.05 Å². The molecule has 0 saturated carbocycles. The van der Waals surface area contributed by atoms with Gasteiger partial charge in [-0.25, -0.2) is 13.1 Å². The molecular weight excluding hydrogens is 204 g/mol. The highest BCUT2D eigenvalue weighted by atomic mass is 32.2. The molecule has 0 bridgehead atoms. The molecule has 0 atom stereocenters. The van der Waals surface area contributed by atoms with Crippen molar-refractivity contribution in [3.8, 4) is 0 Å². The number of hydrogen-bond donors (Lipinski definition) is 3. The molecule has 0 aromatic carbocycles. The first kappa shape index (κ1) is 13.8. The Labute approximate surface area is 85.9 Å². The van der Waals surface area contributed by atoms with Gasteiger partial charge in [0, 0.05) is 25.1 Å². The van der Waals surface area contributed by atoms with Crippen LogP contribution in [0.25, 0.3) is 0 Å². The highest BCUT2D eigenvalue weighted by Crippen LogP contribution is 2.10. The molecule has 0 radical (unpaired) electrons. The van der Waals surface area contributed by atoms with Crippen LogP contribution >= 0.6 is 0 Å². The van der Waals surface area contributed by atoms with Crippen molar-refractivity contribution < 1.29 is 13.5 Å². The predicted octanol–water partition coefficient (Wildman–Crippen LogP) is -0.856. The molecule has 14 heavy (non-hydrogen) atoms. The van der Waals surface area contributed by atoms with Crippen LogP contribution in [0.15, 0.2) is 0 Å². The maximum Gasteiger partial charge on any atom is 0.212 e. The molecule has 5 nitrogen and oxygen atoms in total. The molecule has 0 aliphatic carbocycles. The molecule has 0 fully saturated rings. The molecule has 0 amide bonds. The van der Waals surface area contributed by atoms with Gasteiger partial charge in [0.05, 0.1) is 5.75 Å². The van der Waals surface area contributed by atoms with Gasteiger partial charge in [-0.2, -0.15) is 0 Å². The summed E-state index contributed by atoms with van der Waals surface area (Å²) in [4.78, 5) is 0. The molecule has 0 unspecified atom stereocenters. The minimum Gasteiger partial charge on any atom is -0.396 e. The van der Waals surface area contributed by atoms with Crippen LogP contribution in [-0.2, 0) is 10.0 Å². The second-order valence-electron chi connectivity index (χ2n) is 4.02. The Hall–Kier alpha value is -0.170. The fourth-order valence-electron chi connectivity index (χ4n) is 0.791. The van der Waals surface area contributed by atoms with Crippen LogP contribution in [0.5, 0.6) is 0 Å². The van der Waals surface area contributed by atoms with E-state index in [4.69, 9.17) is 5.11 Å². The zero-order chi connectivity index (χ0) is 11.2. The van der Waals surface area contributed by atoms with Crippen molar-refractivity contribution in [3.63, 3.8) is 0 Å². The van der Waals surface area contributed by atoms with E-state index in [1.165, 1.54) is 7.05 Å². The summed E-state index contributed by atoms with van der Waals surface area (Å²) in [6.07, 6.45) is 0. The maximum atomic E-state index is 11.0. The van der Waals surface area contributed by atoms with Crippen LogP contribution in [0.4, 0.5) is 0 Å². The zero-order valence-electron chi connectivity index (χ0n) is 9.00. The molecule has 0 aliphatic rings. The lowest BCUT2D eigenvalue weighted by atomic mass is 9.95. The number of sulfonamides is 1. The molecule has 0 aliphatic heterocycles. The van der Waals surface area contributed by atoms with Crippen LogP contribution in [0.3, 0.4) is 0 Å². The minimum absolute atomic E-state index is 0.0605. The van der Waals surface area contributed by atoms with E-state index in [1.807, 2.05) is 13.8 Å². The van der Waals surface area contributed by atoms with E-state index < -0.39 is 10.0 Å². The van der Waals surface area contributed by atoms with Gasteiger partial charge in [-0.3, -0.25) is 0 Å². The molecule has 86 valence electrons. The summed E-state index contributed by atoms with van der Waals surface area (Å²) >= 11 is 0. The normalized spacial score (nSPS) is 13.1. The lowest BCUT2D eigenvalue weighted by Crippen LogP contribution is -2.36. The molecule has 0 rings (SSSR count). The third-order valence-corrected chi connectivity index (χ3v) is 3.25. The Kier molecular flexibility index (Phi) is 5.58. The van der Waals surface area contributed by atoms with Crippen molar-refractivity contribution >= 4 is 10.0 Å². The lowest BCUT2D eigenvalue weighted by Gasteiger charge is -2.21. The van der Waals surface area contributed by atoms with Gasteiger partial charge in [-0.1, -0.05) is 13.8 Å². The number of hydrogen-bond acceptors (Lipinski definition) is 4. The highest BCUT2D eigenvalue weighted by molar-refractivity contribution is 7.89. The Bertz CT molecular complexity index is 249. The molecule has 0 saturated heterocycles. The lowest BCUT2D eigenvalue weighted by molar-refractivity contribution is 0.158. The summed E-state index contributed by atoms with van der Waals surface area (Å²) in [5.74, 6) is 0.0605. The Morgan fingerprint density at radius 3 is 2.36 bits per heavy atom. The van der Waals surface area contributed by atoms with Crippen LogP contribution in [0.1, 0.15) is 13.8 Å². The van der Waals surface area contributed by atoms with Crippen molar-refractivity contribution in [3.05, 3.63) is 0 Å². The van der Waals surface area contributed by atoms with Crippen LogP contribution in [0.2, 0.25) is 0 Å². The molecule has 0 spiro atoms. The topological polar surface area (TPSA) is 78.4 Å². The van der Waals surface area contributed by atoms with Crippen molar-refractivity contribution in [2.45, 2.75) is 13.8 Å². The monoisotopic (exact) mass is 224 g/mol. The third kappa shape index (κ3) is 6.31. The average Bonchev–Trinajstić information content (AvgIpc) is 2.13. The minimum atomic E-state index is -3.12. The summed E-state index contributed by atoms with van der Waals surface area (Å²) in [6, 6.07) is 0. The van der Waals surface area contributed by atoms with Crippen molar-refractivity contribution in [2.24, 2.45) is 5.41 Å². The second-order valence-corrected chi connectivity index (χ2v) is 6.07. The van der Waals surface area contributed by atoms with E-state index in [9.17, 15) is 8.42 Å². The molecule has 6 heteroatoms. The highest BCUT2D eigenvalue weighted by Gasteiger charge is 2.15. The summed E-state index contributed by atoms with van der Waals surface area (Å²) in [5, 5.41) is 11.9.